The van der Waals surface area contributed by atoms with Crippen molar-refractivity contribution in [3.05, 3.63) is 23.8 Å². The summed E-state index contributed by atoms with van der Waals surface area (Å²) in [5.41, 5.74) is 1.09. The van der Waals surface area contributed by atoms with E-state index in [4.69, 9.17) is 9.47 Å². The predicted molar refractivity (Wildman–Crippen MR) is 71.7 cm³/mol. The van der Waals surface area contributed by atoms with Crippen LogP contribution in [-0.4, -0.2) is 43.0 Å². The minimum absolute atomic E-state index is 0.0534. The van der Waals surface area contributed by atoms with Gasteiger partial charge in [0.25, 0.3) is 0 Å². The molecule has 0 aliphatic carbocycles. The number of aliphatic hydroxyl groups excluding tert-OH is 1. The van der Waals surface area contributed by atoms with Gasteiger partial charge >= 0.3 is 0 Å². The van der Waals surface area contributed by atoms with E-state index in [1.165, 1.54) is 0 Å². The molecule has 0 radical (unpaired) electrons. The van der Waals surface area contributed by atoms with Crippen molar-refractivity contribution in [3.8, 4) is 11.5 Å². The average Bonchev–Trinajstić information content (AvgIpc) is 3.06. The van der Waals surface area contributed by atoms with Crippen molar-refractivity contribution >= 4 is 5.91 Å². The lowest BCUT2D eigenvalue weighted by Gasteiger charge is -2.11. The van der Waals surface area contributed by atoms with E-state index in [0.29, 0.717) is 19.5 Å². The van der Waals surface area contributed by atoms with E-state index in [-0.39, 0.29) is 18.7 Å². The third kappa shape index (κ3) is 2.86. The van der Waals surface area contributed by atoms with Gasteiger partial charge in [0.2, 0.25) is 12.7 Å². The van der Waals surface area contributed by atoms with E-state index in [2.05, 4.69) is 10.6 Å². The van der Waals surface area contributed by atoms with E-state index in [0.717, 1.165) is 23.5 Å². The Morgan fingerprint density at radius 1 is 1.40 bits per heavy atom. The third-order valence-electron chi connectivity index (χ3n) is 3.57. The van der Waals surface area contributed by atoms with Crippen LogP contribution in [0.4, 0.5) is 0 Å². The normalized spacial score (nSPS) is 23.9. The minimum atomic E-state index is -0.417. The summed E-state index contributed by atoms with van der Waals surface area (Å²) in [7, 11) is 0. The number of nitrogens with one attached hydrogen (secondary N) is 2. The van der Waals surface area contributed by atoms with Gasteiger partial charge in [-0.05, 0) is 30.5 Å². The highest BCUT2D eigenvalue weighted by atomic mass is 16.7. The third-order valence-corrected chi connectivity index (χ3v) is 3.57. The van der Waals surface area contributed by atoms with Gasteiger partial charge in [-0.3, -0.25) is 4.79 Å². The number of carbonyl (C=O) groups is 1. The number of hydrogen-bond donors (Lipinski definition) is 3. The molecule has 1 aromatic rings. The molecule has 3 N–H and O–H groups in total. The number of carbonyl (C=O) groups excluding carboxylic acids is 1. The first kappa shape index (κ1) is 13.2. The first-order valence-corrected chi connectivity index (χ1v) is 6.80. The molecule has 2 heterocycles. The Morgan fingerprint density at radius 3 is 3.05 bits per heavy atom. The number of ether oxygens (including phenoxy) is 2. The molecule has 108 valence electrons. The number of hydrogen-bond acceptors (Lipinski definition) is 5. The monoisotopic (exact) mass is 278 g/mol. The SMILES string of the molecule is O=C(NCCc1ccc2c(c1)OCO2)[C@H]1C[C@@H](O)CN1. The van der Waals surface area contributed by atoms with Crippen molar-refractivity contribution in [2.24, 2.45) is 0 Å². The maximum atomic E-state index is 11.8. The quantitative estimate of drug-likeness (QED) is 0.710. The van der Waals surface area contributed by atoms with Crippen molar-refractivity contribution in [3.63, 3.8) is 0 Å². The van der Waals surface area contributed by atoms with Crippen LogP contribution >= 0.6 is 0 Å². The first-order valence-electron chi connectivity index (χ1n) is 6.80. The Balaban J connectivity index is 1.47. The van der Waals surface area contributed by atoms with E-state index in [1.54, 1.807) is 0 Å². The number of amides is 1. The summed E-state index contributed by atoms with van der Waals surface area (Å²) in [4.78, 5) is 11.8. The molecule has 0 spiro atoms. The molecule has 6 nitrogen and oxygen atoms in total. The molecule has 20 heavy (non-hydrogen) atoms. The summed E-state index contributed by atoms with van der Waals surface area (Å²) in [6, 6.07) is 5.51. The van der Waals surface area contributed by atoms with Gasteiger partial charge in [0, 0.05) is 13.1 Å². The average molecular weight is 278 g/mol. The van der Waals surface area contributed by atoms with Crippen LogP contribution in [0.5, 0.6) is 11.5 Å². The molecule has 3 rings (SSSR count). The van der Waals surface area contributed by atoms with Crippen LogP contribution < -0.4 is 20.1 Å². The lowest BCUT2D eigenvalue weighted by molar-refractivity contribution is -0.122. The summed E-state index contributed by atoms with van der Waals surface area (Å²) in [6.45, 7) is 1.32. The largest absolute Gasteiger partial charge is 0.454 e. The zero-order valence-corrected chi connectivity index (χ0v) is 11.1. The smallest absolute Gasteiger partial charge is 0.237 e. The van der Waals surface area contributed by atoms with Crippen LogP contribution in [0.1, 0.15) is 12.0 Å². The molecular formula is C14H18N2O4. The van der Waals surface area contributed by atoms with E-state index >= 15 is 0 Å². The zero-order valence-electron chi connectivity index (χ0n) is 11.1. The highest BCUT2D eigenvalue weighted by Gasteiger charge is 2.27. The van der Waals surface area contributed by atoms with Crippen LogP contribution in [0.2, 0.25) is 0 Å². The molecule has 2 aliphatic heterocycles. The van der Waals surface area contributed by atoms with Gasteiger partial charge in [-0.15, -0.1) is 0 Å². The minimum Gasteiger partial charge on any atom is -0.454 e. The molecule has 1 fully saturated rings. The molecule has 1 amide bonds. The van der Waals surface area contributed by atoms with Gasteiger partial charge in [0.05, 0.1) is 12.1 Å². The van der Waals surface area contributed by atoms with Crippen LogP contribution in [0, 0.1) is 0 Å². The van der Waals surface area contributed by atoms with E-state index in [1.807, 2.05) is 18.2 Å². The van der Waals surface area contributed by atoms with Crippen LogP contribution in [0.25, 0.3) is 0 Å². The van der Waals surface area contributed by atoms with Gasteiger partial charge in [-0.1, -0.05) is 6.07 Å². The second-order valence-corrected chi connectivity index (χ2v) is 5.08. The Morgan fingerprint density at radius 2 is 2.25 bits per heavy atom. The number of β-amino-alcohol motifs (C(OH)–C–C–N with tert-alkyl or cyclic N) is 1. The highest BCUT2D eigenvalue weighted by molar-refractivity contribution is 5.82. The molecule has 0 saturated carbocycles. The number of aliphatic hydroxyl groups is 1. The fourth-order valence-corrected chi connectivity index (χ4v) is 2.47. The van der Waals surface area contributed by atoms with Gasteiger partial charge < -0.3 is 25.2 Å². The van der Waals surface area contributed by atoms with Crippen molar-refractivity contribution in [1.29, 1.82) is 0 Å². The van der Waals surface area contributed by atoms with Crippen LogP contribution in [0.15, 0.2) is 18.2 Å². The van der Waals surface area contributed by atoms with Crippen molar-refractivity contribution in [1.82, 2.24) is 10.6 Å². The summed E-state index contributed by atoms with van der Waals surface area (Å²) in [5.74, 6) is 1.47. The number of rotatable bonds is 4. The highest BCUT2D eigenvalue weighted by Crippen LogP contribution is 2.32. The van der Waals surface area contributed by atoms with E-state index in [9.17, 15) is 9.90 Å². The van der Waals surface area contributed by atoms with Crippen molar-refractivity contribution in [2.75, 3.05) is 19.9 Å². The molecule has 6 heteroatoms. The Kier molecular flexibility index (Phi) is 3.75. The van der Waals surface area contributed by atoms with Crippen LogP contribution in [0.3, 0.4) is 0 Å². The summed E-state index contributed by atoms with van der Waals surface area (Å²) in [5, 5.41) is 15.2. The Bertz CT molecular complexity index is 506. The summed E-state index contributed by atoms with van der Waals surface area (Å²) < 4.78 is 10.6. The van der Waals surface area contributed by atoms with Crippen molar-refractivity contribution < 1.29 is 19.4 Å². The molecule has 1 saturated heterocycles. The van der Waals surface area contributed by atoms with Gasteiger partial charge in [0.15, 0.2) is 11.5 Å². The fourth-order valence-electron chi connectivity index (χ4n) is 2.47. The lowest BCUT2D eigenvalue weighted by Crippen LogP contribution is -2.41. The topological polar surface area (TPSA) is 79.8 Å². The molecule has 1 aromatic carbocycles. The zero-order chi connectivity index (χ0) is 13.9. The maximum Gasteiger partial charge on any atom is 0.237 e. The number of fused-ring (bicyclic) bond motifs is 1. The fraction of sp³-hybridized carbons (Fsp3) is 0.500. The Hall–Kier alpha value is -1.79. The standard InChI is InChI=1S/C14H18N2O4/c17-10-6-11(16-7-10)14(18)15-4-3-9-1-2-12-13(5-9)20-8-19-12/h1-2,5,10-11,16-17H,3-4,6-8H2,(H,15,18)/t10-,11-/m1/s1. The maximum absolute atomic E-state index is 11.8. The second kappa shape index (κ2) is 5.68. The van der Waals surface area contributed by atoms with Gasteiger partial charge in [-0.25, -0.2) is 0 Å². The van der Waals surface area contributed by atoms with Gasteiger partial charge in [-0.2, -0.15) is 0 Å². The molecule has 0 aromatic heterocycles. The molecular weight excluding hydrogens is 260 g/mol. The Labute approximate surface area is 117 Å². The molecule has 2 atom stereocenters. The van der Waals surface area contributed by atoms with Crippen LogP contribution in [-0.2, 0) is 11.2 Å². The molecule has 0 unspecified atom stereocenters. The predicted octanol–water partition coefficient (Wildman–Crippen LogP) is -0.203. The molecule has 0 bridgehead atoms. The summed E-state index contributed by atoms with van der Waals surface area (Å²) in [6.07, 6.45) is 0.799. The van der Waals surface area contributed by atoms with E-state index < -0.39 is 6.10 Å². The van der Waals surface area contributed by atoms with Gasteiger partial charge in [0.1, 0.15) is 0 Å². The first-order chi connectivity index (χ1) is 9.72. The number of benzene rings is 1. The second-order valence-electron chi connectivity index (χ2n) is 5.08. The van der Waals surface area contributed by atoms with Crippen molar-refractivity contribution in [2.45, 2.75) is 25.0 Å². The lowest BCUT2D eigenvalue weighted by atomic mass is 10.1. The summed E-state index contributed by atoms with van der Waals surface area (Å²) >= 11 is 0. The molecule has 2 aliphatic rings.